The Morgan fingerprint density at radius 3 is 2.72 bits per heavy atom. The summed E-state index contributed by atoms with van der Waals surface area (Å²) in [5.74, 6) is 1.45. The van der Waals surface area contributed by atoms with E-state index in [2.05, 4.69) is 34.7 Å². The van der Waals surface area contributed by atoms with Crippen LogP contribution >= 0.6 is 22.6 Å². The molecular weight excluding hydrogens is 343 g/mol. The highest BCUT2D eigenvalue weighted by Gasteiger charge is 2.18. The maximum absolute atomic E-state index is 6.01. The highest BCUT2D eigenvalue weighted by atomic mass is 127. The standard InChI is InChI=1S/C14H19IO3/c1-16-13-4-2-12(3-5-13)14(8-15)18-10-11-6-7-17-9-11/h2-5,11,14H,6-10H2,1H3. The Morgan fingerprint density at radius 1 is 1.39 bits per heavy atom. The average molecular weight is 362 g/mol. The zero-order valence-corrected chi connectivity index (χ0v) is 12.8. The number of alkyl halides is 1. The van der Waals surface area contributed by atoms with Crippen molar-refractivity contribution in [1.82, 2.24) is 0 Å². The minimum absolute atomic E-state index is 0.164. The van der Waals surface area contributed by atoms with Crippen LogP contribution in [0, 0.1) is 5.92 Å². The number of hydrogen-bond donors (Lipinski definition) is 0. The van der Waals surface area contributed by atoms with E-state index in [4.69, 9.17) is 14.2 Å². The van der Waals surface area contributed by atoms with E-state index < -0.39 is 0 Å². The third kappa shape index (κ3) is 3.83. The Kier molecular flexibility index (Phi) is 5.72. The van der Waals surface area contributed by atoms with E-state index in [0.717, 1.165) is 36.4 Å². The average Bonchev–Trinajstić information content (AvgIpc) is 2.93. The predicted octanol–water partition coefficient (Wildman–Crippen LogP) is 3.22. The third-order valence-corrected chi connectivity index (χ3v) is 3.98. The summed E-state index contributed by atoms with van der Waals surface area (Å²) in [5, 5.41) is 0. The van der Waals surface area contributed by atoms with Crippen LogP contribution in [0.15, 0.2) is 24.3 Å². The van der Waals surface area contributed by atoms with Gasteiger partial charge in [0.2, 0.25) is 0 Å². The van der Waals surface area contributed by atoms with E-state index in [1.54, 1.807) is 7.11 Å². The molecule has 0 aliphatic carbocycles. The summed E-state index contributed by atoms with van der Waals surface area (Å²) in [4.78, 5) is 0. The van der Waals surface area contributed by atoms with Gasteiger partial charge in [0.1, 0.15) is 5.75 Å². The number of rotatable bonds is 6. The molecule has 0 saturated carbocycles. The number of benzene rings is 1. The van der Waals surface area contributed by atoms with Crippen molar-refractivity contribution in [2.75, 3.05) is 31.4 Å². The van der Waals surface area contributed by atoms with Crippen molar-refractivity contribution in [2.24, 2.45) is 5.92 Å². The molecule has 1 aromatic carbocycles. The van der Waals surface area contributed by atoms with Crippen LogP contribution in [0.3, 0.4) is 0 Å². The first kappa shape index (κ1) is 14.1. The first-order valence-corrected chi connectivity index (χ1v) is 7.75. The minimum atomic E-state index is 0.164. The molecule has 1 aliphatic rings. The van der Waals surface area contributed by atoms with E-state index in [1.165, 1.54) is 5.56 Å². The molecule has 2 unspecified atom stereocenters. The smallest absolute Gasteiger partial charge is 0.118 e. The van der Waals surface area contributed by atoms with Crippen LogP contribution in [0.1, 0.15) is 18.1 Å². The summed E-state index contributed by atoms with van der Waals surface area (Å²) in [6.45, 7) is 2.52. The van der Waals surface area contributed by atoms with Gasteiger partial charge in [-0.1, -0.05) is 34.7 Å². The molecule has 1 aliphatic heterocycles. The quantitative estimate of drug-likeness (QED) is 0.575. The summed E-state index contributed by atoms with van der Waals surface area (Å²) >= 11 is 2.37. The van der Waals surface area contributed by atoms with Gasteiger partial charge in [-0.25, -0.2) is 0 Å². The number of halogens is 1. The van der Waals surface area contributed by atoms with Crippen LogP contribution in [0.5, 0.6) is 5.75 Å². The Labute approximate surface area is 122 Å². The molecule has 0 amide bonds. The lowest BCUT2D eigenvalue weighted by Gasteiger charge is -2.18. The van der Waals surface area contributed by atoms with Gasteiger partial charge >= 0.3 is 0 Å². The van der Waals surface area contributed by atoms with Gasteiger partial charge in [0.25, 0.3) is 0 Å². The molecule has 2 atom stereocenters. The van der Waals surface area contributed by atoms with Crippen LogP contribution < -0.4 is 4.74 Å². The van der Waals surface area contributed by atoms with E-state index in [0.29, 0.717) is 5.92 Å². The monoisotopic (exact) mass is 362 g/mol. The molecule has 0 spiro atoms. The molecule has 0 radical (unpaired) electrons. The molecule has 0 aromatic heterocycles. The van der Waals surface area contributed by atoms with Gasteiger partial charge in [0, 0.05) is 17.0 Å². The number of methoxy groups -OCH3 is 1. The van der Waals surface area contributed by atoms with Gasteiger partial charge in [-0.2, -0.15) is 0 Å². The van der Waals surface area contributed by atoms with Crippen molar-refractivity contribution < 1.29 is 14.2 Å². The van der Waals surface area contributed by atoms with Crippen LogP contribution in [0.2, 0.25) is 0 Å². The topological polar surface area (TPSA) is 27.7 Å². The van der Waals surface area contributed by atoms with Gasteiger partial charge < -0.3 is 14.2 Å². The lowest BCUT2D eigenvalue weighted by atomic mass is 10.1. The fourth-order valence-electron chi connectivity index (χ4n) is 2.02. The Balaban J connectivity index is 1.89. The number of hydrogen-bond acceptors (Lipinski definition) is 3. The van der Waals surface area contributed by atoms with Gasteiger partial charge in [0.05, 0.1) is 26.4 Å². The zero-order valence-electron chi connectivity index (χ0n) is 10.6. The van der Waals surface area contributed by atoms with E-state index in [9.17, 15) is 0 Å². The second-order valence-corrected chi connectivity index (χ2v) is 5.36. The molecule has 3 nitrogen and oxygen atoms in total. The predicted molar refractivity (Wildman–Crippen MR) is 79.5 cm³/mol. The summed E-state index contributed by atoms with van der Waals surface area (Å²) < 4.78 is 17.5. The first-order chi connectivity index (χ1) is 8.83. The summed E-state index contributed by atoms with van der Waals surface area (Å²) in [5.41, 5.74) is 1.21. The lowest BCUT2D eigenvalue weighted by Crippen LogP contribution is -2.14. The van der Waals surface area contributed by atoms with E-state index >= 15 is 0 Å². The largest absolute Gasteiger partial charge is 0.497 e. The van der Waals surface area contributed by atoms with Crippen molar-refractivity contribution in [3.63, 3.8) is 0 Å². The number of ether oxygens (including phenoxy) is 3. The normalized spacial score (nSPS) is 20.9. The fraction of sp³-hybridized carbons (Fsp3) is 0.571. The molecule has 2 rings (SSSR count). The highest BCUT2D eigenvalue weighted by molar-refractivity contribution is 14.1. The Morgan fingerprint density at radius 2 is 2.17 bits per heavy atom. The van der Waals surface area contributed by atoms with Crippen molar-refractivity contribution >= 4 is 22.6 Å². The molecule has 1 heterocycles. The van der Waals surface area contributed by atoms with Gasteiger partial charge in [-0.15, -0.1) is 0 Å². The van der Waals surface area contributed by atoms with Crippen LogP contribution in [0.4, 0.5) is 0 Å². The van der Waals surface area contributed by atoms with Crippen molar-refractivity contribution in [3.8, 4) is 5.75 Å². The Hall–Kier alpha value is -0.330. The summed E-state index contributed by atoms with van der Waals surface area (Å²) in [6, 6.07) is 8.12. The molecular formula is C14H19IO3. The van der Waals surface area contributed by atoms with Crippen LogP contribution in [-0.2, 0) is 9.47 Å². The Bertz CT molecular complexity index is 347. The van der Waals surface area contributed by atoms with Gasteiger partial charge in [-0.05, 0) is 24.1 Å². The summed E-state index contributed by atoms with van der Waals surface area (Å²) in [6.07, 6.45) is 1.29. The molecule has 0 N–H and O–H groups in total. The minimum Gasteiger partial charge on any atom is -0.497 e. The fourth-order valence-corrected chi connectivity index (χ4v) is 2.78. The van der Waals surface area contributed by atoms with Crippen LogP contribution in [0.25, 0.3) is 0 Å². The molecule has 100 valence electrons. The van der Waals surface area contributed by atoms with Crippen molar-refractivity contribution in [3.05, 3.63) is 29.8 Å². The van der Waals surface area contributed by atoms with E-state index in [1.807, 2.05) is 12.1 Å². The maximum Gasteiger partial charge on any atom is 0.118 e. The molecule has 4 heteroatoms. The lowest BCUT2D eigenvalue weighted by molar-refractivity contribution is 0.0402. The van der Waals surface area contributed by atoms with Crippen molar-refractivity contribution in [2.45, 2.75) is 12.5 Å². The van der Waals surface area contributed by atoms with Gasteiger partial charge in [0.15, 0.2) is 0 Å². The molecule has 1 saturated heterocycles. The van der Waals surface area contributed by atoms with E-state index in [-0.39, 0.29) is 6.10 Å². The van der Waals surface area contributed by atoms with Gasteiger partial charge in [-0.3, -0.25) is 0 Å². The molecule has 1 fully saturated rings. The zero-order chi connectivity index (χ0) is 12.8. The molecule has 1 aromatic rings. The molecule has 18 heavy (non-hydrogen) atoms. The second-order valence-electron chi connectivity index (χ2n) is 4.48. The second kappa shape index (κ2) is 7.31. The van der Waals surface area contributed by atoms with Crippen LogP contribution in [-0.4, -0.2) is 31.4 Å². The maximum atomic E-state index is 6.01. The summed E-state index contributed by atoms with van der Waals surface area (Å²) in [7, 11) is 1.68. The first-order valence-electron chi connectivity index (χ1n) is 6.22. The molecule has 0 bridgehead atoms. The highest BCUT2D eigenvalue weighted by Crippen LogP contribution is 2.24. The SMILES string of the molecule is COc1ccc(C(CI)OCC2CCOC2)cc1. The van der Waals surface area contributed by atoms with Crippen molar-refractivity contribution in [1.29, 1.82) is 0 Å². The third-order valence-electron chi connectivity index (χ3n) is 3.18.